The van der Waals surface area contributed by atoms with Gasteiger partial charge in [0, 0.05) is 18.9 Å². The number of hydrogen-bond donors (Lipinski definition) is 2. The minimum absolute atomic E-state index is 0.134. The van der Waals surface area contributed by atoms with E-state index in [0.29, 0.717) is 17.3 Å². The molecule has 0 saturated carbocycles. The average molecular weight is 267 g/mol. The Morgan fingerprint density at radius 3 is 3.11 bits per heavy atom. The number of aromatic amines is 1. The monoisotopic (exact) mass is 266 g/mol. The van der Waals surface area contributed by atoms with Gasteiger partial charge in [-0.25, -0.2) is 4.98 Å². The normalized spacial score (nSPS) is 10.6. The van der Waals surface area contributed by atoms with Crippen molar-refractivity contribution in [2.45, 2.75) is 26.4 Å². The molecule has 2 aromatic heterocycles. The fraction of sp³-hybridized carbons (Fsp3) is 0.333. The summed E-state index contributed by atoms with van der Waals surface area (Å²) in [6.45, 7) is 3.26. The zero-order valence-corrected chi connectivity index (χ0v) is 10.9. The lowest BCUT2D eigenvalue weighted by Crippen LogP contribution is -2.25. The van der Waals surface area contributed by atoms with E-state index in [1.165, 1.54) is 0 Å². The Labute approximate surface area is 110 Å². The number of amides is 1. The maximum atomic E-state index is 12.0. The molecule has 2 heterocycles. The van der Waals surface area contributed by atoms with Crippen molar-refractivity contribution in [3.8, 4) is 0 Å². The van der Waals surface area contributed by atoms with E-state index < -0.39 is 0 Å². The quantitative estimate of drug-likeness (QED) is 0.872. The van der Waals surface area contributed by atoms with E-state index >= 15 is 0 Å². The average Bonchev–Trinajstić information content (AvgIpc) is 2.96. The number of carbonyl (C=O) groups is 1. The summed E-state index contributed by atoms with van der Waals surface area (Å²) in [6.07, 6.45) is 5.98. The molecule has 0 fully saturated rings. The van der Waals surface area contributed by atoms with E-state index in [2.05, 4.69) is 22.2 Å². The van der Waals surface area contributed by atoms with E-state index in [0.717, 1.165) is 18.7 Å². The van der Waals surface area contributed by atoms with Crippen LogP contribution in [0.5, 0.6) is 0 Å². The second-order valence-electron chi connectivity index (χ2n) is 4.00. The highest BCUT2D eigenvalue weighted by Gasteiger charge is 2.12. The molecule has 0 unspecified atom stereocenters. The van der Waals surface area contributed by atoms with Crippen LogP contribution in [0.2, 0.25) is 5.02 Å². The van der Waals surface area contributed by atoms with Crippen molar-refractivity contribution < 1.29 is 4.79 Å². The van der Waals surface area contributed by atoms with Gasteiger partial charge >= 0.3 is 0 Å². The molecular formula is C12H15ClN4O. The van der Waals surface area contributed by atoms with Crippen molar-refractivity contribution in [1.29, 1.82) is 0 Å². The van der Waals surface area contributed by atoms with Crippen molar-refractivity contribution in [1.82, 2.24) is 19.9 Å². The molecule has 0 aliphatic heterocycles. The highest BCUT2D eigenvalue weighted by Crippen LogP contribution is 2.14. The molecule has 18 heavy (non-hydrogen) atoms. The van der Waals surface area contributed by atoms with E-state index in [9.17, 15) is 4.79 Å². The van der Waals surface area contributed by atoms with Crippen LogP contribution in [0.3, 0.4) is 0 Å². The first-order valence-electron chi connectivity index (χ1n) is 5.82. The standard InChI is InChI=1S/C12H15ClN4O/c1-2-3-17-7-9(13)4-11(17)12(18)15-6-10-5-14-8-16-10/h4-5,7-8H,2-3,6H2,1H3,(H,14,16)(H,15,18). The molecule has 0 spiro atoms. The molecule has 2 rings (SSSR count). The van der Waals surface area contributed by atoms with Gasteiger partial charge in [-0.3, -0.25) is 4.79 Å². The van der Waals surface area contributed by atoms with Gasteiger partial charge in [-0.1, -0.05) is 18.5 Å². The summed E-state index contributed by atoms with van der Waals surface area (Å²) in [5.41, 5.74) is 1.45. The summed E-state index contributed by atoms with van der Waals surface area (Å²) >= 11 is 5.93. The van der Waals surface area contributed by atoms with Gasteiger partial charge in [-0.2, -0.15) is 0 Å². The molecule has 2 N–H and O–H groups in total. The molecule has 2 aromatic rings. The van der Waals surface area contributed by atoms with Crippen LogP contribution in [0.4, 0.5) is 0 Å². The maximum absolute atomic E-state index is 12.0. The van der Waals surface area contributed by atoms with Gasteiger partial charge < -0.3 is 14.9 Å². The first-order chi connectivity index (χ1) is 8.70. The van der Waals surface area contributed by atoms with Crippen molar-refractivity contribution >= 4 is 17.5 Å². The molecular weight excluding hydrogens is 252 g/mol. The molecule has 0 radical (unpaired) electrons. The zero-order chi connectivity index (χ0) is 13.0. The van der Waals surface area contributed by atoms with Crippen molar-refractivity contribution in [3.05, 3.63) is 41.2 Å². The van der Waals surface area contributed by atoms with Crippen LogP contribution in [0.25, 0.3) is 0 Å². The number of halogens is 1. The van der Waals surface area contributed by atoms with E-state index in [1.54, 1.807) is 24.8 Å². The summed E-state index contributed by atoms with van der Waals surface area (Å²) in [5, 5.41) is 3.40. The molecule has 0 atom stereocenters. The third-order valence-corrected chi connectivity index (χ3v) is 2.76. The van der Waals surface area contributed by atoms with Gasteiger partial charge in [-0.05, 0) is 12.5 Å². The summed E-state index contributed by atoms with van der Waals surface area (Å²) in [4.78, 5) is 18.8. The highest BCUT2D eigenvalue weighted by molar-refractivity contribution is 6.31. The fourth-order valence-electron chi connectivity index (χ4n) is 1.74. The van der Waals surface area contributed by atoms with Gasteiger partial charge in [0.15, 0.2) is 0 Å². The number of nitrogens with one attached hydrogen (secondary N) is 2. The summed E-state index contributed by atoms with van der Waals surface area (Å²) < 4.78 is 1.87. The van der Waals surface area contributed by atoms with Crippen LogP contribution in [0.15, 0.2) is 24.8 Å². The Hall–Kier alpha value is -1.75. The van der Waals surface area contributed by atoms with Gasteiger partial charge in [-0.15, -0.1) is 0 Å². The van der Waals surface area contributed by atoms with Crippen LogP contribution < -0.4 is 5.32 Å². The zero-order valence-electron chi connectivity index (χ0n) is 10.1. The molecule has 0 aromatic carbocycles. The lowest BCUT2D eigenvalue weighted by atomic mass is 10.3. The Bertz CT molecular complexity index is 518. The molecule has 6 heteroatoms. The van der Waals surface area contributed by atoms with Crippen LogP contribution in [-0.4, -0.2) is 20.4 Å². The van der Waals surface area contributed by atoms with Crippen molar-refractivity contribution in [2.24, 2.45) is 0 Å². The number of rotatable bonds is 5. The third-order valence-electron chi connectivity index (χ3n) is 2.55. The Balaban J connectivity index is 2.03. The van der Waals surface area contributed by atoms with Crippen LogP contribution in [0.1, 0.15) is 29.5 Å². The predicted molar refractivity (Wildman–Crippen MR) is 69.5 cm³/mol. The Morgan fingerprint density at radius 1 is 1.61 bits per heavy atom. The van der Waals surface area contributed by atoms with Gasteiger partial charge in [0.05, 0.1) is 23.6 Å². The van der Waals surface area contributed by atoms with E-state index in [-0.39, 0.29) is 5.91 Å². The minimum Gasteiger partial charge on any atom is -0.347 e. The first kappa shape index (κ1) is 12.7. The number of hydrogen-bond acceptors (Lipinski definition) is 2. The molecule has 0 bridgehead atoms. The third kappa shape index (κ3) is 2.92. The van der Waals surface area contributed by atoms with Crippen molar-refractivity contribution in [3.63, 3.8) is 0 Å². The second kappa shape index (κ2) is 5.73. The summed E-state index contributed by atoms with van der Waals surface area (Å²) in [5.74, 6) is -0.134. The van der Waals surface area contributed by atoms with Crippen molar-refractivity contribution in [2.75, 3.05) is 0 Å². The molecule has 96 valence electrons. The topological polar surface area (TPSA) is 62.7 Å². The van der Waals surface area contributed by atoms with E-state index in [1.807, 2.05) is 4.57 Å². The Kier molecular flexibility index (Phi) is 4.04. The molecule has 0 aliphatic rings. The smallest absolute Gasteiger partial charge is 0.268 e. The number of H-pyrrole nitrogens is 1. The molecule has 0 aliphatic carbocycles. The maximum Gasteiger partial charge on any atom is 0.268 e. The van der Waals surface area contributed by atoms with Gasteiger partial charge in [0.25, 0.3) is 5.91 Å². The lowest BCUT2D eigenvalue weighted by Gasteiger charge is -2.07. The van der Waals surface area contributed by atoms with Crippen LogP contribution in [0, 0.1) is 0 Å². The summed E-state index contributed by atoms with van der Waals surface area (Å²) in [7, 11) is 0. The summed E-state index contributed by atoms with van der Waals surface area (Å²) in [6, 6.07) is 1.68. The fourth-order valence-corrected chi connectivity index (χ4v) is 1.96. The predicted octanol–water partition coefficient (Wildman–Crippen LogP) is 2.20. The SMILES string of the molecule is CCCn1cc(Cl)cc1C(=O)NCc1cnc[nH]1. The second-order valence-corrected chi connectivity index (χ2v) is 4.43. The number of imidazole rings is 1. The van der Waals surface area contributed by atoms with Gasteiger partial charge in [0.2, 0.25) is 0 Å². The molecule has 1 amide bonds. The number of carbonyl (C=O) groups excluding carboxylic acids is 1. The van der Waals surface area contributed by atoms with Crippen LogP contribution >= 0.6 is 11.6 Å². The largest absolute Gasteiger partial charge is 0.347 e. The number of nitrogens with zero attached hydrogens (tertiary/aromatic N) is 2. The van der Waals surface area contributed by atoms with Gasteiger partial charge in [0.1, 0.15) is 5.69 Å². The van der Waals surface area contributed by atoms with E-state index in [4.69, 9.17) is 11.6 Å². The lowest BCUT2D eigenvalue weighted by molar-refractivity contribution is 0.0941. The number of aryl methyl sites for hydroxylation is 1. The molecule has 5 nitrogen and oxygen atoms in total. The number of aromatic nitrogens is 3. The molecule has 0 saturated heterocycles. The Morgan fingerprint density at radius 2 is 2.44 bits per heavy atom. The first-order valence-corrected chi connectivity index (χ1v) is 6.19. The van der Waals surface area contributed by atoms with Crippen LogP contribution in [-0.2, 0) is 13.1 Å². The highest BCUT2D eigenvalue weighted by atomic mass is 35.5. The minimum atomic E-state index is -0.134.